The molecular weight excluding hydrogens is 494 g/mol. The van der Waals surface area contributed by atoms with Gasteiger partial charge in [0, 0.05) is 0 Å². The molecule has 0 fully saturated rings. The van der Waals surface area contributed by atoms with Gasteiger partial charge in [-0.05, 0) is 37.8 Å². The lowest BCUT2D eigenvalue weighted by atomic mass is 10.0. The molecule has 0 bridgehead atoms. The standard InChI is InChI=1S/C40H83N/c1-39(2)35-31-27-23-19-15-11-7-5-9-13-17-21-25-29-33-37-41-38-34-30-26-22-18-14-10-6-8-12-16-20-24-28-32-36-40(3)4/h39-41H,5-38H2,1-4H3. The fourth-order valence-electron chi connectivity index (χ4n) is 6.33. The SMILES string of the molecule is CC(C)CCCCCCCCCCCCCCCCCNCCCCCCCCCCCCCCCCCC(C)C. The Morgan fingerprint density at radius 1 is 0.244 bits per heavy atom. The van der Waals surface area contributed by atoms with Crippen LogP contribution in [-0.2, 0) is 0 Å². The van der Waals surface area contributed by atoms with Crippen LogP contribution in [0.15, 0.2) is 0 Å². The monoisotopic (exact) mass is 578 g/mol. The van der Waals surface area contributed by atoms with E-state index in [1.807, 2.05) is 0 Å². The Balaban J connectivity index is 3.03. The molecule has 0 heterocycles. The van der Waals surface area contributed by atoms with Gasteiger partial charge in [-0.1, -0.05) is 220 Å². The number of unbranched alkanes of at least 4 members (excludes halogenated alkanes) is 28. The molecule has 0 aliphatic heterocycles. The molecule has 0 aromatic carbocycles. The summed E-state index contributed by atoms with van der Waals surface area (Å²) in [6, 6.07) is 0. The van der Waals surface area contributed by atoms with E-state index in [9.17, 15) is 0 Å². The minimum atomic E-state index is 0.893. The van der Waals surface area contributed by atoms with Gasteiger partial charge in [-0.15, -0.1) is 0 Å². The first-order valence-corrected chi connectivity index (χ1v) is 19.8. The zero-order chi connectivity index (χ0) is 29.9. The molecule has 0 aromatic rings. The molecule has 1 N–H and O–H groups in total. The van der Waals surface area contributed by atoms with E-state index in [-0.39, 0.29) is 0 Å². The van der Waals surface area contributed by atoms with Crippen molar-refractivity contribution in [1.82, 2.24) is 5.32 Å². The summed E-state index contributed by atoms with van der Waals surface area (Å²) in [5.74, 6) is 1.79. The molecule has 0 amide bonds. The predicted octanol–water partition coefficient (Wildman–Crippen LogP) is 14.4. The summed E-state index contributed by atoms with van der Waals surface area (Å²) in [6.45, 7) is 11.9. The first-order valence-electron chi connectivity index (χ1n) is 19.8. The van der Waals surface area contributed by atoms with Gasteiger partial charge in [0.1, 0.15) is 0 Å². The van der Waals surface area contributed by atoms with E-state index >= 15 is 0 Å². The van der Waals surface area contributed by atoms with Gasteiger partial charge in [0.05, 0.1) is 0 Å². The Kier molecular flexibility index (Phi) is 36.1. The van der Waals surface area contributed by atoms with Crippen molar-refractivity contribution in [2.75, 3.05) is 13.1 Å². The largest absolute Gasteiger partial charge is 0.317 e. The highest BCUT2D eigenvalue weighted by atomic mass is 14.8. The topological polar surface area (TPSA) is 12.0 Å². The van der Waals surface area contributed by atoms with Crippen LogP contribution in [0, 0.1) is 11.8 Å². The Morgan fingerprint density at radius 3 is 0.610 bits per heavy atom. The molecule has 0 saturated carbocycles. The van der Waals surface area contributed by atoms with E-state index in [1.165, 1.54) is 219 Å². The lowest BCUT2D eigenvalue weighted by molar-refractivity contribution is 0.500. The average molecular weight is 578 g/mol. The number of nitrogens with one attached hydrogen (secondary N) is 1. The summed E-state index contributed by atoms with van der Waals surface area (Å²) in [5, 5.41) is 3.69. The Bertz CT molecular complexity index is 402. The summed E-state index contributed by atoms with van der Waals surface area (Å²) in [5.41, 5.74) is 0. The van der Waals surface area contributed by atoms with Crippen molar-refractivity contribution in [3.63, 3.8) is 0 Å². The van der Waals surface area contributed by atoms with Crippen molar-refractivity contribution in [3.8, 4) is 0 Å². The van der Waals surface area contributed by atoms with Crippen molar-refractivity contribution >= 4 is 0 Å². The number of hydrogen-bond acceptors (Lipinski definition) is 1. The highest BCUT2D eigenvalue weighted by molar-refractivity contribution is 4.55. The molecule has 1 heteroatoms. The maximum atomic E-state index is 3.69. The highest BCUT2D eigenvalue weighted by Crippen LogP contribution is 2.16. The minimum absolute atomic E-state index is 0.893. The Morgan fingerprint density at radius 2 is 0.415 bits per heavy atom. The first kappa shape index (κ1) is 41.0. The molecule has 41 heavy (non-hydrogen) atoms. The second-order valence-corrected chi connectivity index (χ2v) is 14.7. The normalized spacial score (nSPS) is 11.9. The van der Waals surface area contributed by atoms with E-state index in [2.05, 4.69) is 33.0 Å². The Labute approximate surface area is 263 Å². The van der Waals surface area contributed by atoms with Crippen LogP contribution in [0.2, 0.25) is 0 Å². The quantitative estimate of drug-likeness (QED) is 0.0730. The van der Waals surface area contributed by atoms with Crippen LogP contribution in [0.4, 0.5) is 0 Å². The van der Waals surface area contributed by atoms with Gasteiger partial charge in [0.2, 0.25) is 0 Å². The van der Waals surface area contributed by atoms with E-state index in [0.29, 0.717) is 0 Å². The van der Waals surface area contributed by atoms with Gasteiger partial charge in [-0.3, -0.25) is 0 Å². The van der Waals surface area contributed by atoms with Gasteiger partial charge in [-0.25, -0.2) is 0 Å². The molecule has 1 nitrogen and oxygen atoms in total. The summed E-state index contributed by atoms with van der Waals surface area (Å²) >= 11 is 0. The maximum Gasteiger partial charge on any atom is -0.00489 e. The molecule has 0 unspecified atom stereocenters. The fourth-order valence-corrected chi connectivity index (χ4v) is 6.33. The van der Waals surface area contributed by atoms with Crippen LogP contribution >= 0.6 is 0 Å². The van der Waals surface area contributed by atoms with Crippen LogP contribution < -0.4 is 5.32 Å². The van der Waals surface area contributed by atoms with E-state index in [4.69, 9.17) is 0 Å². The number of hydrogen-bond donors (Lipinski definition) is 1. The van der Waals surface area contributed by atoms with Gasteiger partial charge >= 0.3 is 0 Å². The summed E-state index contributed by atoms with van der Waals surface area (Å²) in [7, 11) is 0. The molecule has 0 rings (SSSR count). The second kappa shape index (κ2) is 36.2. The molecule has 248 valence electrons. The zero-order valence-electron chi connectivity index (χ0n) is 29.7. The third-order valence-electron chi connectivity index (χ3n) is 9.27. The van der Waals surface area contributed by atoms with Crippen LogP contribution in [0.25, 0.3) is 0 Å². The lowest BCUT2D eigenvalue weighted by Crippen LogP contribution is -2.16. The molecule has 0 radical (unpaired) electrons. The van der Waals surface area contributed by atoms with Gasteiger partial charge in [0.15, 0.2) is 0 Å². The van der Waals surface area contributed by atoms with Crippen molar-refractivity contribution < 1.29 is 0 Å². The lowest BCUT2D eigenvalue weighted by Gasteiger charge is -2.06. The van der Waals surface area contributed by atoms with Crippen LogP contribution in [-0.4, -0.2) is 13.1 Å². The van der Waals surface area contributed by atoms with E-state index < -0.39 is 0 Å². The Hall–Kier alpha value is -0.0400. The minimum Gasteiger partial charge on any atom is -0.317 e. The molecule has 0 aliphatic rings. The van der Waals surface area contributed by atoms with Crippen LogP contribution in [0.5, 0.6) is 0 Å². The third kappa shape index (κ3) is 40.0. The smallest absolute Gasteiger partial charge is 0.00489 e. The van der Waals surface area contributed by atoms with Crippen molar-refractivity contribution in [2.24, 2.45) is 11.8 Å². The molecule has 0 spiro atoms. The molecule has 0 aromatic heterocycles. The number of rotatable bonds is 36. The summed E-state index contributed by atoms with van der Waals surface area (Å²) < 4.78 is 0. The zero-order valence-corrected chi connectivity index (χ0v) is 29.7. The van der Waals surface area contributed by atoms with Gasteiger partial charge in [0.25, 0.3) is 0 Å². The van der Waals surface area contributed by atoms with Crippen LogP contribution in [0.1, 0.15) is 233 Å². The predicted molar refractivity (Wildman–Crippen MR) is 190 cm³/mol. The van der Waals surface area contributed by atoms with Crippen molar-refractivity contribution in [2.45, 2.75) is 233 Å². The third-order valence-corrected chi connectivity index (χ3v) is 9.27. The van der Waals surface area contributed by atoms with Crippen molar-refractivity contribution in [1.29, 1.82) is 0 Å². The van der Waals surface area contributed by atoms with E-state index in [1.54, 1.807) is 0 Å². The fraction of sp³-hybridized carbons (Fsp3) is 1.00. The summed E-state index contributed by atoms with van der Waals surface area (Å²) in [4.78, 5) is 0. The molecule has 0 saturated heterocycles. The van der Waals surface area contributed by atoms with Crippen molar-refractivity contribution in [3.05, 3.63) is 0 Å². The molecule has 0 atom stereocenters. The molecule has 0 aliphatic carbocycles. The summed E-state index contributed by atoms with van der Waals surface area (Å²) in [6.07, 6.45) is 46.8. The van der Waals surface area contributed by atoms with E-state index in [0.717, 1.165) is 11.8 Å². The average Bonchev–Trinajstić information content (AvgIpc) is 2.94. The first-order chi connectivity index (χ1) is 20.1. The maximum absolute atomic E-state index is 3.69. The van der Waals surface area contributed by atoms with Crippen LogP contribution in [0.3, 0.4) is 0 Å². The molecular formula is C40H83N. The highest BCUT2D eigenvalue weighted by Gasteiger charge is 1.98. The van der Waals surface area contributed by atoms with Gasteiger partial charge < -0.3 is 5.32 Å². The van der Waals surface area contributed by atoms with Gasteiger partial charge in [-0.2, -0.15) is 0 Å². The second-order valence-electron chi connectivity index (χ2n) is 14.7.